The maximum atomic E-state index is 15.2. The maximum absolute atomic E-state index is 15.2. The molecular weight excluding hydrogens is 781 g/mol. The van der Waals surface area contributed by atoms with Gasteiger partial charge in [-0.15, -0.1) is 0 Å². The molecule has 6 aromatic rings. The number of benzene rings is 5. The van der Waals surface area contributed by atoms with Gasteiger partial charge in [-0.3, -0.25) is 4.79 Å². The highest BCUT2D eigenvalue weighted by atomic mass is 16.5. The van der Waals surface area contributed by atoms with Crippen molar-refractivity contribution in [3.05, 3.63) is 148 Å². The van der Waals surface area contributed by atoms with Crippen molar-refractivity contribution < 1.29 is 39.8 Å². The zero-order chi connectivity index (χ0) is 43.8. The van der Waals surface area contributed by atoms with Crippen molar-refractivity contribution in [2.45, 2.75) is 95.3 Å². The monoisotopic (exact) mass is 839 g/mol. The summed E-state index contributed by atoms with van der Waals surface area (Å²) in [5, 5.41) is 62.1. The third-order valence-corrected chi connectivity index (χ3v) is 12.8. The summed E-state index contributed by atoms with van der Waals surface area (Å²) in [6.45, 7) is 1.92. The van der Waals surface area contributed by atoms with E-state index in [0.717, 1.165) is 70.7 Å². The summed E-state index contributed by atoms with van der Waals surface area (Å²) >= 11 is 0. The number of carbonyl (C=O) groups is 1. The van der Waals surface area contributed by atoms with Gasteiger partial charge in [0.2, 0.25) is 0 Å². The van der Waals surface area contributed by atoms with Crippen molar-refractivity contribution in [2.24, 2.45) is 5.92 Å². The summed E-state index contributed by atoms with van der Waals surface area (Å²) in [5.41, 5.74) is 5.06. The van der Waals surface area contributed by atoms with Gasteiger partial charge in [-0.05, 0) is 139 Å². The van der Waals surface area contributed by atoms with Crippen molar-refractivity contribution >= 4 is 16.6 Å². The highest BCUT2D eigenvalue weighted by Gasteiger charge is 2.42. The summed E-state index contributed by atoms with van der Waals surface area (Å²) in [5.74, 6) is -0.275. The Hall–Kier alpha value is -5.81. The molecule has 5 aromatic carbocycles. The second kappa shape index (κ2) is 19.9. The number of rotatable bonds is 20. The van der Waals surface area contributed by atoms with E-state index < -0.39 is 29.8 Å². The number of ether oxygens (including phenoxy) is 2. The number of carbonyl (C=O) groups excluding carboxylic acids is 1. The number of aromatic nitrogens is 1. The molecule has 0 spiro atoms. The quantitative estimate of drug-likeness (QED) is 0.0444. The fourth-order valence-electron chi connectivity index (χ4n) is 9.44. The Labute approximate surface area is 364 Å². The molecule has 1 aliphatic rings. The number of methoxy groups -OCH3 is 1. The molecule has 0 aliphatic heterocycles. The molecule has 1 heterocycles. The second-order valence-electron chi connectivity index (χ2n) is 16.9. The van der Waals surface area contributed by atoms with Crippen LogP contribution in [0.15, 0.2) is 103 Å². The lowest BCUT2D eigenvalue weighted by Crippen LogP contribution is -2.44. The van der Waals surface area contributed by atoms with Gasteiger partial charge in [0.05, 0.1) is 31.3 Å². The van der Waals surface area contributed by atoms with Crippen LogP contribution >= 0.6 is 0 Å². The summed E-state index contributed by atoms with van der Waals surface area (Å²) in [6, 6.07) is 27.8. The number of hydrogen-bond donors (Lipinski definition) is 6. The predicted octanol–water partition coefficient (Wildman–Crippen LogP) is 8.01. The predicted molar refractivity (Wildman–Crippen MR) is 241 cm³/mol. The molecule has 10 heteroatoms. The molecule has 1 aromatic heterocycles. The number of aliphatic hydroxyl groups excluding tert-OH is 2. The minimum absolute atomic E-state index is 0.00731. The normalized spacial score (nSPS) is 15.0. The van der Waals surface area contributed by atoms with Gasteiger partial charge in [0.15, 0.2) is 23.0 Å². The van der Waals surface area contributed by atoms with Crippen LogP contribution in [0.4, 0.5) is 0 Å². The molecule has 1 fully saturated rings. The standard InChI is InChI=1S/C52H59N2O8/c1-4-36-14-15-37-9-5-8-12-43(37)44(36)27-45-38(16-18-47(58)51(45)61-3)25-39(21-34-19-20-54-31-34)48(59)28-50(60)52(32-55,40-22-35(30-53-2)23-41(56)26-40)29-33-13-17-46(57)49(24-33)62-42-10-6-7-11-42/h5,8-9,12-20,22-24,26,31,39,42,48,53,55-59H,4,6-7,10-11,21,25,27-30,32H2,1-3H3/q-1. The number of ketones is 1. The summed E-state index contributed by atoms with van der Waals surface area (Å²) in [7, 11) is 3.33. The van der Waals surface area contributed by atoms with Gasteiger partial charge in [-0.1, -0.05) is 73.2 Å². The lowest BCUT2D eigenvalue weighted by atomic mass is 9.70. The average Bonchev–Trinajstić information content (AvgIpc) is 3.99. The van der Waals surface area contributed by atoms with Gasteiger partial charge in [0.25, 0.3) is 0 Å². The number of aryl methyl sites for hydroxylation is 1. The van der Waals surface area contributed by atoms with E-state index in [4.69, 9.17) is 9.47 Å². The molecule has 0 bridgehead atoms. The number of aliphatic hydroxyl groups is 2. The molecule has 62 heavy (non-hydrogen) atoms. The Morgan fingerprint density at radius 3 is 2.37 bits per heavy atom. The Bertz CT molecular complexity index is 2460. The van der Waals surface area contributed by atoms with Crippen LogP contribution in [0, 0.1) is 5.92 Å². The number of nitrogens with one attached hydrogen (secondary N) is 1. The molecule has 326 valence electrons. The highest BCUT2D eigenvalue weighted by molar-refractivity contribution is 5.91. The van der Waals surface area contributed by atoms with Crippen LogP contribution in [0.1, 0.15) is 83.5 Å². The molecule has 3 unspecified atom stereocenters. The number of Topliss-reactive ketones (excluding diaryl/α,β-unsaturated/α-hetero) is 1. The van der Waals surface area contributed by atoms with Crippen molar-refractivity contribution in [2.75, 3.05) is 20.8 Å². The number of aromatic hydroxyl groups is 3. The van der Waals surface area contributed by atoms with E-state index in [1.807, 2.05) is 30.3 Å². The lowest BCUT2D eigenvalue weighted by Gasteiger charge is -2.34. The fraction of sp³-hybridized carbons (Fsp3) is 0.365. The van der Waals surface area contributed by atoms with Gasteiger partial charge in [-0.25, -0.2) is 0 Å². The first kappa shape index (κ1) is 44.3. The molecule has 6 N–H and O–H groups in total. The largest absolute Gasteiger partial charge is 0.670 e. The van der Waals surface area contributed by atoms with Crippen LogP contribution < -0.4 is 19.8 Å². The number of fused-ring (bicyclic) bond motifs is 1. The van der Waals surface area contributed by atoms with E-state index in [2.05, 4.69) is 41.5 Å². The fourth-order valence-corrected chi connectivity index (χ4v) is 9.44. The lowest BCUT2D eigenvalue weighted by molar-refractivity contribution is -0.129. The molecule has 10 nitrogen and oxygen atoms in total. The Morgan fingerprint density at radius 1 is 0.871 bits per heavy atom. The molecule has 0 radical (unpaired) electrons. The Balaban J connectivity index is 1.26. The topological polar surface area (TPSA) is 163 Å². The third-order valence-electron chi connectivity index (χ3n) is 12.8. The van der Waals surface area contributed by atoms with Crippen LogP contribution in [0.2, 0.25) is 0 Å². The SMILES string of the molecule is CCc1ccc2ccccc2c1Cc1c(CC(Cc2cc[n-]c2)C(O)CC(=O)C(CO)(Cc2ccc(O)c(OC3CCCC3)c2)c2cc(O)cc(CNC)c2)ccc(O)c1OC. The summed E-state index contributed by atoms with van der Waals surface area (Å²) in [6.07, 6.45) is 7.86. The van der Waals surface area contributed by atoms with E-state index in [1.54, 1.807) is 56.9 Å². The van der Waals surface area contributed by atoms with Gasteiger partial charge < -0.3 is 45.3 Å². The van der Waals surface area contributed by atoms with Crippen LogP contribution in [0.3, 0.4) is 0 Å². The summed E-state index contributed by atoms with van der Waals surface area (Å²) < 4.78 is 12.1. The molecule has 0 saturated heterocycles. The van der Waals surface area contributed by atoms with Crippen molar-refractivity contribution in [1.82, 2.24) is 10.3 Å². The van der Waals surface area contributed by atoms with E-state index in [1.165, 1.54) is 11.6 Å². The van der Waals surface area contributed by atoms with Gasteiger partial charge in [0, 0.05) is 24.9 Å². The molecule has 7 rings (SSSR count). The molecule has 1 aliphatic carbocycles. The molecule has 3 atom stereocenters. The van der Waals surface area contributed by atoms with Gasteiger partial charge in [0.1, 0.15) is 11.5 Å². The van der Waals surface area contributed by atoms with Crippen molar-refractivity contribution in [3.63, 3.8) is 0 Å². The van der Waals surface area contributed by atoms with E-state index in [-0.39, 0.29) is 36.2 Å². The van der Waals surface area contributed by atoms with Crippen LogP contribution in [-0.4, -0.2) is 64.3 Å². The zero-order valence-electron chi connectivity index (χ0n) is 35.9. The van der Waals surface area contributed by atoms with E-state index in [0.29, 0.717) is 48.4 Å². The van der Waals surface area contributed by atoms with Crippen LogP contribution in [-0.2, 0) is 48.9 Å². The first-order valence-corrected chi connectivity index (χ1v) is 21.8. The molecule has 1 saturated carbocycles. The number of nitrogens with zero attached hydrogens (tertiary/aromatic N) is 1. The highest BCUT2D eigenvalue weighted by Crippen LogP contribution is 2.41. The maximum Gasteiger partial charge on any atom is 0.164 e. The Morgan fingerprint density at radius 2 is 1.65 bits per heavy atom. The second-order valence-corrected chi connectivity index (χ2v) is 16.9. The van der Waals surface area contributed by atoms with E-state index >= 15 is 4.79 Å². The Kier molecular flexibility index (Phi) is 14.2. The van der Waals surface area contributed by atoms with E-state index in [9.17, 15) is 25.5 Å². The molecular formula is C52H59N2O8-. The first-order valence-electron chi connectivity index (χ1n) is 21.8. The van der Waals surface area contributed by atoms with Gasteiger partial charge in [-0.2, -0.15) is 12.4 Å². The smallest absolute Gasteiger partial charge is 0.164 e. The summed E-state index contributed by atoms with van der Waals surface area (Å²) in [4.78, 5) is 19.5. The third kappa shape index (κ3) is 9.78. The molecule has 0 amide bonds. The minimum Gasteiger partial charge on any atom is -0.670 e. The van der Waals surface area contributed by atoms with Crippen molar-refractivity contribution in [1.29, 1.82) is 0 Å². The average molecular weight is 840 g/mol. The van der Waals surface area contributed by atoms with Crippen molar-refractivity contribution in [3.8, 4) is 28.7 Å². The van der Waals surface area contributed by atoms with Gasteiger partial charge >= 0.3 is 0 Å². The number of phenols is 3. The number of phenolic OH excluding ortho intramolecular Hbond substituents is 3. The first-order chi connectivity index (χ1) is 30.0. The minimum atomic E-state index is -1.59. The number of hydrogen-bond acceptors (Lipinski definition) is 9. The van der Waals surface area contributed by atoms with Crippen LogP contribution in [0.5, 0.6) is 28.7 Å². The van der Waals surface area contributed by atoms with Crippen LogP contribution in [0.25, 0.3) is 10.8 Å². The zero-order valence-corrected chi connectivity index (χ0v) is 35.9.